The summed E-state index contributed by atoms with van der Waals surface area (Å²) in [7, 11) is 0. The first kappa shape index (κ1) is 15.0. The molecule has 2 aromatic rings. The molecule has 6 heteroatoms. The molecule has 0 aliphatic heterocycles. The summed E-state index contributed by atoms with van der Waals surface area (Å²) in [5.41, 5.74) is 1.49. The van der Waals surface area contributed by atoms with Crippen LogP contribution in [-0.4, -0.2) is 24.0 Å². The van der Waals surface area contributed by atoms with Gasteiger partial charge < -0.3 is 10.1 Å². The molecule has 0 saturated heterocycles. The van der Waals surface area contributed by atoms with Crippen LogP contribution >= 0.6 is 11.3 Å². The summed E-state index contributed by atoms with van der Waals surface area (Å²) >= 11 is 1.60. The quantitative estimate of drug-likeness (QED) is 0.886. The minimum Gasteiger partial charge on any atom is -0.484 e. The van der Waals surface area contributed by atoms with Crippen molar-refractivity contribution in [1.29, 1.82) is 5.26 Å². The van der Waals surface area contributed by atoms with Gasteiger partial charge >= 0.3 is 0 Å². The molecule has 0 aliphatic carbocycles. The lowest BCUT2D eigenvalue weighted by Gasteiger charge is -2.07. The second kappa shape index (κ2) is 7.41. The van der Waals surface area contributed by atoms with Gasteiger partial charge in [0.05, 0.1) is 22.3 Å². The van der Waals surface area contributed by atoms with E-state index in [0.717, 1.165) is 10.7 Å². The van der Waals surface area contributed by atoms with E-state index in [4.69, 9.17) is 10.00 Å². The molecule has 0 atom stereocenters. The van der Waals surface area contributed by atoms with E-state index >= 15 is 0 Å². The van der Waals surface area contributed by atoms with Crippen LogP contribution in [0.25, 0.3) is 0 Å². The third-order valence-corrected chi connectivity index (χ3v) is 3.53. The first-order chi connectivity index (χ1) is 10.2. The number of carbonyl (C=O) groups is 1. The minimum atomic E-state index is -0.190. The highest BCUT2D eigenvalue weighted by Crippen LogP contribution is 2.12. The predicted molar refractivity (Wildman–Crippen MR) is 80.2 cm³/mol. The summed E-state index contributed by atoms with van der Waals surface area (Å²) in [6, 6.07) is 8.74. The third kappa shape index (κ3) is 4.89. The van der Waals surface area contributed by atoms with E-state index in [1.54, 1.807) is 35.6 Å². The maximum absolute atomic E-state index is 11.6. The molecule has 0 aliphatic rings. The zero-order valence-electron chi connectivity index (χ0n) is 11.6. The van der Waals surface area contributed by atoms with Crippen LogP contribution in [0.3, 0.4) is 0 Å². The maximum Gasteiger partial charge on any atom is 0.257 e. The number of nitrogens with zero attached hydrogens (tertiary/aromatic N) is 2. The van der Waals surface area contributed by atoms with Crippen molar-refractivity contribution in [1.82, 2.24) is 10.3 Å². The van der Waals surface area contributed by atoms with Crippen molar-refractivity contribution in [2.45, 2.75) is 13.3 Å². The van der Waals surface area contributed by atoms with Crippen molar-refractivity contribution in [3.63, 3.8) is 0 Å². The van der Waals surface area contributed by atoms with Gasteiger partial charge in [-0.1, -0.05) is 6.07 Å². The standard InChI is InChI=1S/C15H15N3O2S/c1-11-18-13(10-21-11)5-6-17-15(19)9-20-14-4-2-3-12(7-14)8-16/h2-4,7,10H,5-6,9H2,1H3,(H,17,19). The van der Waals surface area contributed by atoms with Crippen LogP contribution in [0.1, 0.15) is 16.3 Å². The Bertz CT molecular complexity index is 661. The first-order valence-electron chi connectivity index (χ1n) is 6.48. The Morgan fingerprint density at radius 2 is 2.38 bits per heavy atom. The number of nitriles is 1. The number of ether oxygens (including phenoxy) is 1. The Labute approximate surface area is 127 Å². The van der Waals surface area contributed by atoms with Gasteiger partial charge in [-0.2, -0.15) is 5.26 Å². The molecule has 0 fully saturated rings. The van der Waals surface area contributed by atoms with E-state index < -0.39 is 0 Å². The highest BCUT2D eigenvalue weighted by Gasteiger charge is 2.04. The van der Waals surface area contributed by atoms with E-state index in [1.807, 2.05) is 18.4 Å². The molecular formula is C15H15N3O2S. The van der Waals surface area contributed by atoms with Crippen molar-refractivity contribution < 1.29 is 9.53 Å². The van der Waals surface area contributed by atoms with Crippen molar-refractivity contribution >= 4 is 17.2 Å². The highest BCUT2D eigenvalue weighted by atomic mass is 32.1. The lowest BCUT2D eigenvalue weighted by atomic mass is 10.2. The Balaban J connectivity index is 1.71. The molecule has 108 valence electrons. The number of hydrogen-bond donors (Lipinski definition) is 1. The van der Waals surface area contributed by atoms with Gasteiger partial charge in [0, 0.05) is 18.3 Å². The van der Waals surface area contributed by atoms with E-state index in [-0.39, 0.29) is 12.5 Å². The fraction of sp³-hybridized carbons (Fsp3) is 0.267. The molecule has 2 rings (SSSR count). The Hall–Kier alpha value is -2.39. The SMILES string of the molecule is Cc1nc(CCNC(=O)COc2cccc(C#N)c2)cs1. The average Bonchev–Trinajstić information content (AvgIpc) is 2.91. The van der Waals surface area contributed by atoms with E-state index in [9.17, 15) is 4.79 Å². The zero-order valence-corrected chi connectivity index (χ0v) is 12.4. The lowest BCUT2D eigenvalue weighted by molar-refractivity contribution is -0.123. The van der Waals surface area contributed by atoms with Crippen LogP contribution in [0.5, 0.6) is 5.75 Å². The van der Waals surface area contributed by atoms with Gasteiger partial charge in [0.25, 0.3) is 5.91 Å². The van der Waals surface area contributed by atoms with Crippen LogP contribution in [0.2, 0.25) is 0 Å². The fourth-order valence-corrected chi connectivity index (χ4v) is 2.36. The topological polar surface area (TPSA) is 75.0 Å². The van der Waals surface area contributed by atoms with Gasteiger partial charge in [-0.15, -0.1) is 11.3 Å². The number of carbonyl (C=O) groups excluding carboxylic acids is 1. The predicted octanol–water partition coefficient (Wildman–Crippen LogP) is 2.06. The second-order valence-corrected chi connectivity index (χ2v) is 5.45. The molecule has 1 aromatic heterocycles. The van der Waals surface area contributed by atoms with Crippen LogP contribution in [0.15, 0.2) is 29.6 Å². The van der Waals surface area contributed by atoms with Gasteiger partial charge in [-0.05, 0) is 25.1 Å². The average molecular weight is 301 g/mol. The van der Waals surface area contributed by atoms with Gasteiger partial charge in [0.1, 0.15) is 5.75 Å². The molecule has 21 heavy (non-hydrogen) atoms. The number of benzene rings is 1. The Morgan fingerprint density at radius 1 is 1.52 bits per heavy atom. The molecule has 0 unspecified atom stereocenters. The van der Waals surface area contributed by atoms with E-state index in [2.05, 4.69) is 10.3 Å². The van der Waals surface area contributed by atoms with Crippen molar-refractivity contribution in [3.8, 4) is 11.8 Å². The molecule has 1 amide bonds. The number of aryl methyl sites for hydroxylation is 1. The molecule has 0 radical (unpaired) electrons. The van der Waals surface area contributed by atoms with Crippen molar-refractivity contribution in [2.24, 2.45) is 0 Å². The van der Waals surface area contributed by atoms with Crippen LogP contribution in [0.4, 0.5) is 0 Å². The molecule has 1 N–H and O–H groups in total. The molecule has 5 nitrogen and oxygen atoms in total. The first-order valence-corrected chi connectivity index (χ1v) is 7.36. The normalized spacial score (nSPS) is 9.90. The summed E-state index contributed by atoms with van der Waals surface area (Å²) < 4.78 is 5.34. The fourth-order valence-electron chi connectivity index (χ4n) is 1.71. The summed E-state index contributed by atoms with van der Waals surface area (Å²) in [4.78, 5) is 16.0. The van der Waals surface area contributed by atoms with Gasteiger partial charge in [0.2, 0.25) is 0 Å². The monoisotopic (exact) mass is 301 g/mol. The number of rotatable bonds is 6. The second-order valence-electron chi connectivity index (χ2n) is 4.39. The maximum atomic E-state index is 11.6. The van der Waals surface area contributed by atoms with E-state index in [1.165, 1.54) is 0 Å². The van der Waals surface area contributed by atoms with Crippen molar-refractivity contribution in [2.75, 3.05) is 13.2 Å². The molecule has 1 heterocycles. The number of hydrogen-bond acceptors (Lipinski definition) is 5. The van der Waals surface area contributed by atoms with Crippen LogP contribution in [0, 0.1) is 18.3 Å². The zero-order chi connectivity index (χ0) is 15.1. The largest absolute Gasteiger partial charge is 0.484 e. The van der Waals surface area contributed by atoms with Crippen LogP contribution < -0.4 is 10.1 Å². The molecule has 0 bridgehead atoms. The number of amides is 1. The number of nitrogens with one attached hydrogen (secondary N) is 1. The van der Waals surface area contributed by atoms with Crippen LogP contribution in [-0.2, 0) is 11.2 Å². The summed E-state index contributed by atoms with van der Waals surface area (Å²) in [5.74, 6) is 0.323. The highest BCUT2D eigenvalue weighted by molar-refractivity contribution is 7.09. The van der Waals surface area contributed by atoms with Gasteiger partial charge in [-0.25, -0.2) is 4.98 Å². The van der Waals surface area contributed by atoms with E-state index in [0.29, 0.717) is 24.3 Å². The third-order valence-electron chi connectivity index (χ3n) is 2.70. The molecular weight excluding hydrogens is 286 g/mol. The molecule has 0 saturated carbocycles. The summed E-state index contributed by atoms with van der Waals surface area (Å²) in [6.07, 6.45) is 0.708. The van der Waals surface area contributed by atoms with Gasteiger partial charge in [-0.3, -0.25) is 4.79 Å². The Kier molecular flexibility index (Phi) is 5.29. The number of aromatic nitrogens is 1. The minimum absolute atomic E-state index is 0.0645. The van der Waals surface area contributed by atoms with Crippen molar-refractivity contribution in [3.05, 3.63) is 45.9 Å². The smallest absolute Gasteiger partial charge is 0.257 e. The lowest BCUT2D eigenvalue weighted by Crippen LogP contribution is -2.30. The number of thiazole rings is 1. The van der Waals surface area contributed by atoms with Gasteiger partial charge in [0.15, 0.2) is 6.61 Å². The molecule has 1 aromatic carbocycles. The Morgan fingerprint density at radius 3 is 3.10 bits per heavy atom. The summed E-state index contributed by atoms with van der Waals surface area (Å²) in [6.45, 7) is 2.42. The molecule has 0 spiro atoms. The summed E-state index contributed by atoms with van der Waals surface area (Å²) in [5, 5.41) is 14.6.